The Morgan fingerprint density at radius 1 is 1.29 bits per heavy atom. The van der Waals surface area contributed by atoms with Crippen molar-refractivity contribution in [2.45, 2.75) is 36.5 Å². The molecule has 0 saturated heterocycles. The number of carbonyl (C=O) groups is 1. The highest BCUT2D eigenvalue weighted by Gasteiger charge is 2.23. The van der Waals surface area contributed by atoms with Crippen molar-refractivity contribution in [3.63, 3.8) is 0 Å². The molecule has 1 aliphatic rings. The van der Waals surface area contributed by atoms with E-state index in [1.807, 2.05) is 0 Å². The third-order valence-corrected chi connectivity index (χ3v) is 6.18. The van der Waals surface area contributed by atoms with Gasteiger partial charge in [-0.3, -0.25) is 10.1 Å². The number of rotatable bonds is 4. The van der Waals surface area contributed by atoms with Gasteiger partial charge in [-0.1, -0.05) is 24.2 Å². The van der Waals surface area contributed by atoms with E-state index in [9.17, 15) is 17.6 Å². The van der Waals surface area contributed by atoms with Gasteiger partial charge < -0.3 is 0 Å². The van der Waals surface area contributed by atoms with E-state index >= 15 is 0 Å². The predicted molar refractivity (Wildman–Crippen MR) is 88.5 cm³/mol. The van der Waals surface area contributed by atoms with Crippen LogP contribution < -0.4 is 5.32 Å². The standard InChI is InChI=1S/C14H13ClFN3O3S2/c15-24(21,22)9-5-6-11(16)10(7-9)12(20)17-14-19-18-13(23-14)8-3-1-2-4-8/h5-8H,1-4H2,(H,17,19,20). The molecule has 1 fully saturated rings. The molecule has 1 aromatic heterocycles. The number of halogens is 2. The first kappa shape index (κ1) is 17.2. The fourth-order valence-electron chi connectivity index (χ4n) is 2.62. The lowest BCUT2D eigenvalue weighted by atomic mass is 10.1. The SMILES string of the molecule is O=C(Nc1nnc(C2CCCC2)s1)c1cc(S(=O)(=O)Cl)ccc1F. The molecular weight excluding hydrogens is 377 g/mol. The Morgan fingerprint density at radius 2 is 2.00 bits per heavy atom. The van der Waals surface area contributed by atoms with Gasteiger partial charge in [0.25, 0.3) is 15.0 Å². The molecule has 1 aromatic carbocycles. The highest BCUT2D eigenvalue weighted by molar-refractivity contribution is 8.13. The Balaban J connectivity index is 1.80. The maximum atomic E-state index is 13.8. The third kappa shape index (κ3) is 3.73. The average molecular weight is 390 g/mol. The molecule has 1 heterocycles. The molecule has 0 aliphatic heterocycles. The molecule has 1 N–H and O–H groups in total. The minimum Gasteiger partial charge on any atom is -0.296 e. The number of amides is 1. The molecule has 2 aromatic rings. The van der Waals surface area contributed by atoms with Crippen molar-refractivity contribution in [3.8, 4) is 0 Å². The van der Waals surface area contributed by atoms with Crippen LogP contribution in [0, 0.1) is 5.82 Å². The van der Waals surface area contributed by atoms with Gasteiger partial charge in [0.05, 0.1) is 10.5 Å². The van der Waals surface area contributed by atoms with Crippen molar-refractivity contribution in [1.29, 1.82) is 0 Å². The van der Waals surface area contributed by atoms with Crippen molar-refractivity contribution < 1.29 is 17.6 Å². The van der Waals surface area contributed by atoms with Crippen LogP contribution in [0.2, 0.25) is 0 Å². The van der Waals surface area contributed by atoms with Crippen molar-refractivity contribution in [2.75, 3.05) is 5.32 Å². The second-order valence-electron chi connectivity index (χ2n) is 5.46. The maximum absolute atomic E-state index is 13.8. The molecular formula is C14H13ClFN3O3S2. The van der Waals surface area contributed by atoms with E-state index in [1.165, 1.54) is 11.3 Å². The molecule has 0 radical (unpaired) electrons. The monoisotopic (exact) mass is 389 g/mol. The summed E-state index contributed by atoms with van der Waals surface area (Å²) in [7, 11) is 1.17. The van der Waals surface area contributed by atoms with Crippen molar-refractivity contribution in [3.05, 3.63) is 34.6 Å². The third-order valence-electron chi connectivity index (χ3n) is 3.83. The first-order valence-electron chi connectivity index (χ1n) is 7.23. The van der Waals surface area contributed by atoms with E-state index in [2.05, 4.69) is 15.5 Å². The second kappa shape index (κ2) is 6.73. The van der Waals surface area contributed by atoms with Gasteiger partial charge in [0.1, 0.15) is 10.8 Å². The van der Waals surface area contributed by atoms with Crippen LogP contribution in [0.5, 0.6) is 0 Å². The number of aromatic nitrogens is 2. The zero-order valence-corrected chi connectivity index (χ0v) is 14.7. The quantitative estimate of drug-likeness (QED) is 0.808. The molecule has 128 valence electrons. The van der Waals surface area contributed by atoms with E-state index in [4.69, 9.17) is 10.7 Å². The summed E-state index contributed by atoms with van der Waals surface area (Å²) in [6.07, 6.45) is 4.40. The molecule has 24 heavy (non-hydrogen) atoms. The smallest absolute Gasteiger partial charge is 0.261 e. The zero-order valence-electron chi connectivity index (χ0n) is 12.3. The summed E-state index contributed by atoms with van der Waals surface area (Å²) >= 11 is 1.25. The Bertz CT molecular complexity index is 879. The van der Waals surface area contributed by atoms with E-state index in [-0.39, 0.29) is 10.0 Å². The van der Waals surface area contributed by atoms with Crippen molar-refractivity contribution in [2.24, 2.45) is 0 Å². The van der Waals surface area contributed by atoms with Crippen LogP contribution in [-0.4, -0.2) is 24.5 Å². The number of nitrogens with zero attached hydrogens (tertiary/aromatic N) is 2. The van der Waals surface area contributed by atoms with E-state index in [1.54, 1.807) is 0 Å². The normalized spacial score (nSPS) is 15.6. The zero-order chi connectivity index (χ0) is 17.3. The maximum Gasteiger partial charge on any atom is 0.261 e. The topological polar surface area (TPSA) is 89.0 Å². The van der Waals surface area contributed by atoms with Gasteiger partial charge in [-0.2, -0.15) is 0 Å². The molecule has 6 nitrogen and oxygen atoms in total. The minimum atomic E-state index is -4.06. The number of anilines is 1. The second-order valence-corrected chi connectivity index (χ2v) is 9.04. The molecule has 0 bridgehead atoms. The Labute approximate surface area is 146 Å². The molecule has 0 unspecified atom stereocenters. The lowest BCUT2D eigenvalue weighted by molar-refractivity contribution is 0.102. The molecule has 1 aliphatic carbocycles. The number of carbonyl (C=O) groups excluding carboxylic acids is 1. The van der Waals surface area contributed by atoms with Gasteiger partial charge in [0, 0.05) is 16.6 Å². The molecule has 0 spiro atoms. The van der Waals surface area contributed by atoms with Crippen LogP contribution in [0.15, 0.2) is 23.1 Å². The van der Waals surface area contributed by atoms with Crippen LogP contribution in [0.25, 0.3) is 0 Å². The van der Waals surface area contributed by atoms with Crippen LogP contribution in [0.1, 0.15) is 47.0 Å². The summed E-state index contributed by atoms with van der Waals surface area (Å²) in [6, 6.07) is 2.78. The van der Waals surface area contributed by atoms with Gasteiger partial charge in [-0.25, -0.2) is 12.8 Å². The average Bonchev–Trinajstić information content (AvgIpc) is 3.16. The summed E-state index contributed by atoms with van der Waals surface area (Å²) in [6.45, 7) is 0. The van der Waals surface area contributed by atoms with Crippen molar-refractivity contribution >= 4 is 42.1 Å². The van der Waals surface area contributed by atoms with Crippen LogP contribution in [0.4, 0.5) is 9.52 Å². The van der Waals surface area contributed by atoms with Crippen LogP contribution >= 0.6 is 22.0 Å². The molecule has 10 heteroatoms. The number of hydrogen-bond donors (Lipinski definition) is 1. The lowest BCUT2D eigenvalue weighted by Crippen LogP contribution is -2.14. The Kier molecular flexibility index (Phi) is 4.84. The van der Waals surface area contributed by atoms with Gasteiger partial charge >= 0.3 is 0 Å². The molecule has 1 saturated carbocycles. The largest absolute Gasteiger partial charge is 0.296 e. The Morgan fingerprint density at radius 3 is 2.67 bits per heavy atom. The van der Waals surface area contributed by atoms with Gasteiger partial charge in [0.15, 0.2) is 0 Å². The van der Waals surface area contributed by atoms with Crippen LogP contribution in [-0.2, 0) is 9.05 Å². The molecule has 1 amide bonds. The van der Waals surface area contributed by atoms with Crippen molar-refractivity contribution in [1.82, 2.24) is 10.2 Å². The summed E-state index contributed by atoms with van der Waals surface area (Å²) < 4.78 is 36.5. The lowest BCUT2D eigenvalue weighted by Gasteiger charge is -2.05. The predicted octanol–water partition coefficient (Wildman–Crippen LogP) is 3.51. The van der Waals surface area contributed by atoms with Gasteiger partial charge in [0.2, 0.25) is 5.13 Å². The molecule has 0 atom stereocenters. The van der Waals surface area contributed by atoms with E-state index in [0.717, 1.165) is 48.9 Å². The van der Waals surface area contributed by atoms with E-state index < -0.39 is 26.3 Å². The Hall–Kier alpha value is -1.58. The fraction of sp³-hybridized carbons (Fsp3) is 0.357. The van der Waals surface area contributed by atoms with Gasteiger partial charge in [-0.05, 0) is 31.0 Å². The summed E-state index contributed by atoms with van der Waals surface area (Å²) in [5, 5.41) is 11.5. The van der Waals surface area contributed by atoms with E-state index in [0.29, 0.717) is 5.92 Å². The van der Waals surface area contributed by atoms with Gasteiger partial charge in [-0.15, -0.1) is 10.2 Å². The number of hydrogen-bond acceptors (Lipinski definition) is 6. The summed E-state index contributed by atoms with van der Waals surface area (Å²) in [5.74, 6) is -1.30. The van der Waals surface area contributed by atoms with Crippen LogP contribution in [0.3, 0.4) is 0 Å². The fourth-order valence-corrected chi connectivity index (χ4v) is 4.30. The number of benzene rings is 1. The summed E-state index contributed by atoms with van der Waals surface area (Å²) in [4.78, 5) is 11.8. The summed E-state index contributed by atoms with van der Waals surface area (Å²) in [5.41, 5.74) is -0.422. The highest BCUT2D eigenvalue weighted by atomic mass is 35.7. The first-order chi connectivity index (χ1) is 11.3. The highest BCUT2D eigenvalue weighted by Crippen LogP contribution is 2.36. The molecule has 3 rings (SSSR count). The number of nitrogens with one attached hydrogen (secondary N) is 1. The minimum absolute atomic E-state index is 0.250. The first-order valence-corrected chi connectivity index (χ1v) is 10.4.